The fourth-order valence-electron chi connectivity index (χ4n) is 3.00. The zero-order valence-electron chi connectivity index (χ0n) is 18.6. The molecule has 0 spiro atoms. The number of nitrogens with zero attached hydrogens (tertiary/aromatic N) is 2. The van der Waals surface area contributed by atoms with E-state index in [1.807, 2.05) is 26.0 Å². The van der Waals surface area contributed by atoms with Crippen LogP contribution in [0.15, 0.2) is 17.1 Å². The fourth-order valence-corrected chi connectivity index (χ4v) is 3.00. The normalized spacial score (nSPS) is 22.7. The Morgan fingerprint density at radius 2 is 1.19 bits per heavy atom. The van der Waals surface area contributed by atoms with Crippen molar-refractivity contribution in [1.82, 2.24) is 4.98 Å². The summed E-state index contributed by atoms with van der Waals surface area (Å²) in [6.45, 7) is 10.5. The largest absolute Gasteiger partial charge is 0.475 e. The zero-order valence-corrected chi connectivity index (χ0v) is 18.6. The van der Waals surface area contributed by atoms with Crippen LogP contribution in [-0.4, -0.2) is 89.1 Å². The molecule has 2 bridgehead atoms. The van der Waals surface area contributed by atoms with Crippen LogP contribution in [0.4, 0.5) is 0 Å². The van der Waals surface area contributed by atoms with E-state index in [0.29, 0.717) is 91.8 Å². The Morgan fingerprint density at radius 1 is 0.677 bits per heavy atom. The summed E-state index contributed by atoms with van der Waals surface area (Å²) in [7, 11) is 0. The first-order valence-corrected chi connectivity index (χ1v) is 10.8. The number of fused-ring (bicyclic) bond motifs is 2. The van der Waals surface area contributed by atoms with Gasteiger partial charge in [-0.2, -0.15) is 0 Å². The quantitative estimate of drug-likeness (QED) is 0.655. The maximum absolute atomic E-state index is 5.82. The minimum atomic E-state index is -0.238. The van der Waals surface area contributed by atoms with Crippen molar-refractivity contribution in [3.8, 4) is 0 Å². The molecule has 0 N–H and O–H groups in total. The van der Waals surface area contributed by atoms with Gasteiger partial charge in [0.2, 0.25) is 5.90 Å². The van der Waals surface area contributed by atoms with Crippen molar-refractivity contribution in [1.29, 1.82) is 0 Å². The molecule has 9 heteroatoms. The van der Waals surface area contributed by atoms with Crippen LogP contribution in [0.3, 0.4) is 0 Å². The summed E-state index contributed by atoms with van der Waals surface area (Å²) in [6, 6.07) is 3.91. The van der Waals surface area contributed by atoms with Crippen molar-refractivity contribution in [2.75, 3.05) is 72.7 Å². The summed E-state index contributed by atoms with van der Waals surface area (Å²) in [4.78, 5) is 9.41. The van der Waals surface area contributed by atoms with Crippen molar-refractivity contribution >= 4 is 5.90 Å². The van der Waals surface area contributed by atoms with Crippen molar-refractivity contribution < 1.29 is 33.2 Å². The molecule has 2 aliphatic heterocycles. The fraction of sp³-hybridized carbons (Fsp3) is 0.727. The van der Waals surface area contributed by atoms with Gasteiger partial charge in [-0.15, -0.1) is 0 Å². The molecule has 0 aliphatic carbocycles. The molecule has 0 saturated carbocycles. The summed E-state index contributed by atoms with van der Waals surface area (Å²) in [5.41, 5.74) is 2.21. The van der Waals surface area contributed by atoms with Crippen molar-refractivity contribution in [3.63, 3.8) is 0 Å². The Morgan fingerprint density at radius 3 is 1.71 bits per heavy atom. The SMILES string of the molecule is CC1(C)COC(c2ccc3nc2COCCOCCOCCOCCOCCOC3)=N1. The molecule has 1 aromatic rings. The highest BCUT2D eigenvalue weighted by Gasteiger charge is 2.28. The van der Waals surface area contributed by atoms with Crippen LogP contribution < -0.4 is 0 Å². The van der Waals surface area contributed by atoms with Crippen LogP contribution in [-0.2, 0) is 46.4 Å². The maximum atomic E-state index is 5.82. The second kappa shape index (κ2) is 13.0. The third-order valence-corrected chi connectivity index (χ3v) is 4.58. The second-order valence-corrected chi connectivity index (χ2v) is 7.87. The van der Waals surface area contributed by atoms with Crippen LogP contribution in [0.1, 0.15) is 30.8 Å². The van der Waals surface area contributed by atoms with E-state index in [4.69, 9.17) is 38.1 Å². The van der Waals surface area contributed by atoms with Gasteiger partial charge in [-0.25, -0.2) is 4.99 Å². The van der Waals surface area contributed by atoms with Gasteiger partial charge in [-0.1, -0.05) is 0 Å². The lowest BCUT2D eigenvalue weighted by Gasteiger charge is -2.12. The molecule has 31 heavy (non-hydrogen) atoms. The average Bonchev–Trinajstić information content (AvgIpc) is 3.12. The Balaban J connectivity index is 1.61. The summed E-state index contributed by atoms with van der Waals surface area (Å²) in [6.07, 6.45) is 0. The Bertz CT molecular complexity index is 696. The highest BCUT2D eigenvalue weighted by molar-refractivity contribution is 5.96. The van der Waals surface area contributed by atoms with E-state index < -0.39 is 0 Å². The van der Waals surface area contributed by atoms with E-state index in [9.17, 15) is 0 Å². The molecule has 0 atom stereocenters. The number of pyridine rings is 1. The lowest BCUT2D eigenvalue weighted by atomic mass is 10.1. The lowest BCUT2D eigenvalue weighted by molar-refractivity contribution is -0.0181. The molecule has 0 fully saturated rings. The molecular formula is C22H34N2O7. The molecule has 0 radical (unpaired) electrons. The Kier molecular flexibility index (Phi) is 10.1. The highest BCUT2D eigenvalue weighted by Crippen LogP contribution is 2.22. The minimum absolute atomic E-state index is 0.238. The van der Waals surface area contributed by atoms with Gasteiger partial charge < -0.3 is 33.2 Å². The molecule has 9 nitrogen and oxygen atoms in total. The van der Waals surface area contributed by atoms with Crippen molar-refractivity contribution in [2.24, 2.45) is 4.99 Å². The van der Waals surface area contributed by atoms with Gasteiger partial charge in [-0.3, -0.25) is 4.98 Å². The average molecular weight is 439 g/mol. The van der Waals surface area contributed by atoms with Crippen molar-refractivity contribution in [2.45, 2.75) is 32.6 Å². The Hall–Kier alpha value is -1.62. The number of hydrogen-bond donors (Lipinski definition) is 0. The topological polar surface area (TPSA) is 89.9 Å². The monoisotopic (exact) mass is 438 g/mol. The van der Waals surface area contributed by atoms with E-state index in [1.165, 1.54) is 0 Å². The van der Waals surface area contributed by atoms with E-state index in [-0.39, 0.29) is 5.54 Å². The van der Waals surface area contributed by atoms with Gasteiger partial charge in [-0.05, 0) is 26.0 Å². The van der Waals surface area contributed by atoms with Crippen LogP contribution in [0.2, 0.25) is 0 Å². The Labute approximate surface area is 184 Å². The van der Waals surface area contributed by atoms with Gasteiger partial charge in [0.05, 0.1) is 102 Å². The number of ether oxygens (including phenoxy) is 7. The first-order valence-electron chi connectivity index (χ1n) is 10.8. The summed E-state index contributed by atoms with van der Waals surface area (Å²) < 4.78 is 39.3. The molecule has 0 aromatic carbocycles. The van der Waals surface area contributed by atoms with Crippen molar-refractivity contribution in [3.05, 3.63) is 29.1 Å². The highest BCUT2D eigenvalue weighted by atomic mass is 16.6. The van der Waals surface area contributed by atoms with Crippen LogP contribution in [0, 0.1) is 0 Å². The smallest absolute Gasteiger partial charge is 0.218 e. The number of rotatable bonds is 1. The standard InChI is InChI=1S/C22H34N2O7/c1-22(2)17-31-21(24-22)19-4-3-18-15-29-13-11-27-9-7-25-5-6-26-8-10-28-12-14-30-16-20(19)23-18/h3-4H,5-17H2,1-2H3. The second-order valence-electron chi connectivity index (χ2n) is 7.87. The van der Waals surface area contributed by atoms with Crippen LogP contribution in [0.25, 0.3) is 0 Å². The first kappa shape index (κ1) is 24.0. The third-order valence-electron chi connectivity index (χ3n) is 4.58. The summed E-state index contributed by atoms with van der Waals surface area (Å²) in [5, 5.41) is 0. The molecule has 0 unspecified atom stereocenters. The van der Waals surface area contributed by atoms with Gasteiger partial charge in [0.1, 0.15) is 6.61 Å². The van der Waals surface area contributed by atoms with E-state index in [1.54, 1.807) is 0 Å². The molecule has 174 valence electrons. The van der Waals surface area contributed by atoms with Gasteiger partial charge in [0.25, 0.3) is 0 Å². The van der Waals surface area contributed by atoms with Gasteiger partial charge in [0.15, 0.2) is 0 Å². The van der Waals surface area contributed by atoms with Gasteiger partial charge >= 0.3 is 0 Å². The predicted molar refractivity (Wildman–Crippen MR) is 113 cm³/mol. The van der Waals surface area contributed by atoms with Gasteiger partial charge in [0, 0.05) is 0 Å². The molecule has 2 aliphatic rings. The predicted octanol–water partition coefficient (Wildman–Crippen LogP) is 1.75. The van der Waals surface area contributed by atoms with E-state index >= 15 is 0 Å². The first-order chi connectivity index (χ1) is 15.1. The molecule has 1 aromatic heterocycles. The number of hydrogen-bond acceptors (Lipinski definition) is 9. The minimum Gasteiger partial charge on any atom is -0.475 e. The molecule has 0 saturated heterocycles. The van der Waals surface area contributed by atoms with E-state index in [2.05, 4.69) is 4.99 Å². The number of aliphatic imine (C=N–C) groups is 1. The lowest BCUT2D eigenvalue weighted by Crippen LogP contribution is -2.17. The summed E-state index contributed by atoms with van der Waals surface area (Å²) in [5.74, 6) is 0.609. The zero-order chi connectivity index (χ0) is 21.8. The molecule has 3 rings (SSSR count). The third kappa shape index (κ3) is 8.80. The van der Waals surface area contributed by atoms with E-state index in [0.717, 1.165) is 17.0 Å². The molecular weight excluding hydrogens is 404 g/mol. The summed E-state index contributed by atoms with van der Waals surface area (Å²) >= 11 is 0. The number of aromatic nitrogens is 1. The van der Waals surface area contributed by atoms with Crippen LogP contribution >= 0.6 is 0 Å². The molecule has 0 amide bonds. The maximum Gasteiger partial charge on any atom is 0.218 e. The molecule has 3 heterocycles. The van der Waals surface area contributed by atoms with Crippen LogP contribution in [0.5, 0.6) is 0 Å².